The van der Waals surface area contributed by atoms with Gasteiger partial charge in [-0.15, -0.1) is 10.2 Å². The summed E-state index contributed by atoms with van der Waals surface area (Å²) in [6, 6.07) is 13.1. The summed E-state index contributed by atoms with van der Waals surface area (Å²) in [5.74, 6) is -0.725. The molecule has 6 nitrogen and oxygen atoms in total. The van der Waals surface area contributed by atoms with Crippen LogP contribution in [0.4, 0.5) is 9.18 Å². The van der Waals surface area contributed by atoms with Crippen LogP contribution < -0.4 is 10.6 Å². The van der Waals surface area contributed by atoms with Gasteiger partial charge >= 0.3 is 6.03 Å². The van der Waals surface area contributed by atoms with E-state index >= 15 is 0 Å². The molecular formula is C21H21FN4O2S. The Hall–Kier alpha value is -3.00. The van der Waals surface area contributed by atoms with Gasteiger partial charge in [-0.3, -0.25) is 10.1 Å². The molecular weight excluding hydrogens is 391 g/mol. The number of aromatic nitrogens is 2. The molecule has 0 radical (unpaired) electrons. The molecule has 0 saturated heterocycles. The van der Waals surface area contributed by atoms with Crippen molar-refractivity contribution in [2.24, 2.45) is 0 Å². The molecule has 150 valence electrons. The van der Waals surface area contributed by atoms with Crippen molar-refractivity contribution < 1.29 is 14.0 Å². The number of hydrogen-bond donors (Lipinski definition) is 2. The SMILES string of the molecule is CC(C)(C)NC(=O)NC(=O)CSc1nnc(-c2ccc(F)cc2)c2ccccc12. The van der Waals surface area contributed by atoms with E-state index in [4.69, 9.17) is 0 Å². The first kappa shape index (κ1) is 20.7. The fourth-order valence-electron chi connectivity index (χ4n) is 2.68. The molecule has 1 aromatic heterocycles. The van der Waals surface area contributed by atoms with E-state index < -0.39 is 17.5 Å². The zero-order valence-electron chi connectivity index (χ0n) is 16.3. The highest BCUT2D eigenvalue weighted by Gasteiger charge is 2.17. The summed E-state index contributed by atoms with van der Waals surface area (Å²) >= 11 is 1.20. The van der Waals surface area contributed by atoms with Gasteiger partial charge in [-0.2, -0.15) is 0 Å². The van der Waals surface area contributed by atoms with Crippen molar-refractivity contribution >= 4 is 34.5 Å². The number of carbonyl (C=O) groups excluding carboxylic acids is 2. The number of fused-ring (bicyclic) bond motifs is 1. The van der Waals surface area contributed by atoms with Crippen LogP contribution in [0, 0.1) is 5.82 Å². The van der Waals surface area contributed by atoms with E-state index in [-0.39, 0.29) is 11.6 Å². The zero-order chi connectivity index (χ0) is 21.0. The summed E-state index contributed by atoms with van der Waals surface area (Å²) < 4.78 is 13.2. The Morgan fingerprint density at radius 3 is 2.31 bits per heavy atom. The molecule has 0 unspecified atom stereocenters. The van der Waals surface area contributed by atoms with E-state index in [9.17, 15) is 14.0 Å². The van der Waals surface area contributed by atoms with Crippen molar-refractivity contribution in [3.8, 4) is 11.3 Å². The summed E-state index contributed by atoms with van der Waals surface area (Å²) in [7, 11) is 0. The molecule has 29 heavy (non-hydrogen) atoms. The van der Waals surface area contributed by atoms with Crippen molar-refractivity contribution in [1.29, 1.82) is 0 Å². The van der Waals surface area contributed by atoms with Gasteiger partial charge in [0, 0.05) is 21.9 Å². The maximum absolute atomic E-state index is 13.2. The number of thioether (sulfide) groups is 1. The molecule has 0 aliphatic rings. The first-order valence-electron chi connectivity index (χ1n) is 8.99. The zero-order valence-corrected chi connectivity index (χ0v) is 17.1. The van der Waals surface area contributed by atoms with Crippen molar-refractivity contribution in [3.63, 3.8) is 0 Å². The molecule has 3 aromatic rings. The Kier molecular flexibility index (Phi) is 6.12. The van der Waals surface area contributed by atoms with Crippen LogP contribution in [-0.4, -0.2) is 33.4 Å². The van der Waals surface area contributed by atoms with Crippen molar-refractivity contribution in [3.05, 3.63) is 54.3 Å². The van der Waals surface area contributed by atoms with E-state index in [0.717, 1.165) is 16.3 Å². The molecule has 3 rings (SSSR count). The first-order valence-corrected chi connectivity index (χ1v) is 9.98. The molecule has 1 heterocycles. The molecule has 2 aromatic carbocycles. The summed E-state index contributed by atoms with van der Waals surface area (Å²) in [6.45, 7) is 5.49. The minimum absolute atomic E-state index is 0.0200. The summed E-state index contributed by atoms with van der Waals surface area (Å²) in [5, 5.41) is 15.8. The minimum Gasteiger partial charge on any atom is -0.333 e. The lowest BCUT2D eigenvalue weighted by atomic mass is 10.1. The highest BCUT2D eigenvalue weighted by atomic mass is 32.2. The Labute approximate surface area is 172 Å². The fraction of sp³-hybridized carbons (Fsp3) is 0.238. The highest BCUT2D eigenvalue weighted by Crippen LogP contribution is 2.31. The van der Waals surface area contributed by atoms with Gasteiger partial charge in [0.15, 0.2) is 0 Å². The number of urea groups is 1. The van der Waals surface area contributed by atoms with Gasteiger partial charge in [0.1, 0.15) is 16.5 Å². The molecule has 0 atom stereocenters. The van der Waals surface area contributed by atoms with Gasteiger partial charge in [-0.1, -0.05) is 36.0 Å². The van der Waals surface area contributed by atoms with Crippen LogP contribution in [-0.2, 0) is 4.79 Å². The Bertz CT molecular complexity index is 1050. The molecule has 2 N–H and O–H groups in total. The topological polar surface area (TPSA) is 84.0 Å². The molecule has 0 saturated carbocycles. The quantitative estimate of drug-likeness (QED) is 0.629. The number of amides is 3. The molecule has 0 aliphatic carbocycles. The molecule has 0 spiro atoms. The average Bonchev–Trinajstić information content (AvgIpc) is 2.65. The lowest BCUT2D eigenvalue weighted by Gasteiger charge is -2.20. The number of halogens is 1. The lowest BCUT2D eigenvalue weighted by molar-refractivity contribution is -0.117. The predicted molar refractivity (Wildman–Crippen MR) is 112 cm³/mol. The van der Waals surface area contributed by atoms with Crippen LogP contribution >= 0.6 is 11.8 Å². The number of carbonyl (C=O) groups is 2. The number of imide groups is 1. The van der Waals surface area contributed by atoms with Crippen LogP contribution in [0.3, 0.4) is 0 Å². The van der Waals surface area contributed by atoms with Gasteiger partial charge in [0.2, 0.25) is 5.91 Å². The first-order chi connectivity index (χ1) is 13.7. The van der Waals surface area contributed by atoms with Crippen LogP contribution in [0.5, 0.6) is 0 Å². The Balaban J connectivity index is 1.77. The number of hydrogen-bond acceptors (Lipinski definition) is 5. The van der Waals surface area contributed by atoms with Gasteiger partial charge in [0.25, 0.3) is 0 Å². The van der Waals surface area contributed by atoms with Crippen LogP contribution in [0.1, 0.15) is 20.8 Å². The highest BCUT2D eigenvalue weighted by molar-refractivity contribution is 8.00. The van der Waals surface area contributed by atoms with E-state index in [1.165, 1.54) is 23.9 Å². The second-order valence-electron chi connectivity index (χ2n) is 7.45. The van der Waals surface area contributed by atoms with Crippen LogP contribution in [0.2, 0.25) is 0 Å². The maximum atomic E-state index is 13.2. The molecule has 3 amide bonds. The standard InChI is InChI=1S/C21H21FN4O2S/c1-21(2,3)24-20(28)23-17(27)12-29-19-16-7-5-4-6-15(16)18(25-26-19)13-8-10-14(22)11-9-13/h4-11H,12H2,1-3H3,(H2,23,24,27,28). The Morgan fingerprint density at radius 2 is 1.66 bits per heavy atom. The lowest BCUT2D eigenvalue weighted by Crippen LogP contribution is -2.48. The summed E-state index contributed by atoms with van der Waals surface area (Å²) in [4.78, 5) is 23.9. The van der Waals surface area contributed by atoms with Crippen molar-refractivity contribution in [2.45, 2.75) is 31.3 Å². The third kappa shape index (κ3) is 5.51. The van der Waals surface area contributed by atoms with Crippen molar-refractivity contribution in [2.75, 3.05) is 5.75 Å². The van der Waals surface area contributed by atoms with E-state index in [1.54, 1.807) is 12.1 Å². The number of nitrogens with one attached hydrogen (secondary N) is 2. The smallest absolute Gasteiger partial charge is 0.321 e. The summed E-state index contributed by atoms with van der Waals surface area (Å²) in [5.41, 5.74) is 0.956. The summed E-state index contributed by atoms with van der Waals surface area (Å²) in [6.07, 6.45) is 0. The van der Waals surface area contributed by atoms with Crippen LogP contribution in [0.25, 0.3) is 22.0 Å². The van der Waals surface area contributed by atoms with E-state index in [1.807, 2.05) is 45.0 Å². The van der Waals surface area contributed by atoms with Gasteiger partial charge in [-0.05, 0) is 45.0 Å². The average molecular weight is 412 g/mol. The normalized spacial score (nSPS) is 11.3. The molecule has 0 bridgehead atoms. The van der Waals surface area contributed by atoms with E-state index in [2.05, 4.69) is 20.8 Å². The third-order valence-corrected chi connectivity index (χ3v) is 4.83. The third-order valence-electron chi connectivity index (χ3n) is 3.85. The largest absolute Gasteiger partial charge is 0.333 e. The monoisotopic (exact) mass is 412 g/mol. The van der Waals surface area contributed by atoms with Gasteiger partial charge in [-0.25, -0.2) is 9.18 Å². The number of nitrogens with zero attached hydrogens (tertiary/aromatic N) is 2. The molecule has 0 fully saturated rings. The maximum Gasteiger partial charge on any atom is 0.321 e. The van der Waals surface area contributed by atoms with E-state index in [0.29, 0.717) is 10.7 Å². The fourth-order valence-corrected chi connectivity index (χ4v) is 3.45. The number of benzene rings is 2. The van der Waals surface area contributed by atoms with Crippen molar-refractivity contribution in [1.82, 2.24) is 20.8 Å². The molecule has 0 aliphatic heterocycles. The second-order valence-corrected chi connectivity index (χ2v) is 8.41. The van der Waals surface area contributed by atoms with Gasteiger partial charge < -0.3 is 5.32 Å². The Morgan fingerprint density at radius 1 is 1.00 bits per heavy atom. The predicted octanol–water partition coefficient (Wildman–Crippen LogP) is 4.15. The second kappa shape index (κ2) is 8.57. The number of rotatable bonds is 4. The van der Waals surface area contributed by atoms with Crippen LogP contribution in [0.15, 0.2) is 53.6 Å². The minimum atomic E-state index is -0.536. The molecule has 8 heteroatoms. The van der Waals surface area contributed by atoms with Gasteiger partial charge in [0.05, 0.1) is 5.75 Å².